The molecule has 6 nitrogen and oxygen atoms in total. The molecule has 2 N–H and O–H groups in total. The van der Waals surface area contributed by atoms with E-state index in [9.17, 15) is 19.5 Å². The zero-order chi connectivity index (χ0) is 11.3. The summed E-state index contributed by atoms with van der Waals surface area (Å²) in [5, 5.41) is 20.7. The maximum Gasteiger partial charge on any atom is 1.00 e. The molecular weight excluding hydrogens is 197 g/mol. The largest absolute Gasteiger partial charge is 1.00 e. The fourth-order valence-corrected chi connectivity index (χ4v) is 0.649. The molecule has 0 aromatic carbocycles. The van der Waals surface area contributed by atoms with Crippen molar-refractivity contribution in [1.29, 1.82) is 0 Å². The van der Waals surface area contributed by atoms with Crippen LogP contribution in [0, 0.1) is 0 Å². The zero-order valence-corrected chi connectivity index (χ0v) is 8.57. The van der Waals surface area contributed by atoms with Crippen LogP contribution >= 0.6 is 0 Å². The maximum atomic E-state index is 10.9. The van der Waals surface area contributed by atoms with E-state index in [1.165, 1.54) is 6.92 Å². The third kappa shape index (κ3) is 6.77. The number of carbonyl (C=O) groups is 3. The second-order valence-electron chi connectivity index (χ2n) is 2.72. The second-order valence-corrected chi connectivity index (χ2v) is 2.72. The van der Waals surface area contributed by atoms with Gasteiger partial charge in [0, 0.05) is 5.57 Å². The first-order valence-corrected chi connectivity index (χ1v) is 3.73. The van der Waals surface area contributed by atoms with Crippen LogP contribution in [0.5, 0.6) is 0 Å². The molecule has 0 spiro atoms. The average molecular weight is 207 g/mol. The monoisotopic (exact) mass is 207 g/mol. The molecule has 78 valence electrons. The van der Waals surface area contributed by atoms with Crippen LogP contribution in [-0.2, 0) is 14.4 Å². The molecule has 0 saturated carbocycles. The summed E-state index contributed by atoms with van der Waals surface area (Å²) in [6.45, 7) is 4.65. The van der Waals surface area contributed by atoms with Crippen molar-refractivity contribution in [3.05, 3.63) is 12.2 Å². The Morgan fingerprint density at radius 2 is 1.93 bits per heavy atom. The molecule has 0 aliphatic heterocycles. The number of carboxylic acids is 2. The van der Waals surface area contributed by atoms with Crippen molar-refractivity contribution in [2.45, 2.75) is 19.4 Å². The molecule has 0 heterocycles. The van der Waals surface area contributed by atoms with Gasteiger partial charge in [0.15, 0.2) is 0 Å². The number of aliphatic carboxylic acids is 2. The summed E-state index contributed by atoms with van der Waals surface area (Å²) < 4.78 is 0. The molecule has 0 rings (SSSR count). The van der Waals surface area contributed by atoms with Crippen molar-refractivity contribution in [1.82, 2.24) is 5.32 Å². The third-order valence-corrected chi connectivity index (χ3v) is 1.36. The van der Waals surface area contributed by atoms with E-state index in [0.717, 1.165) is 0 Å². The molecule has 0 aromatic rings. The number of nitrogens with one attached hydrogen (secondary N) is 1. The van der Waals surface area contributed by atoms with E-state index in [1.54, 1.807) is 0 Å². The van der Waals surface area contributed by atoms with Gasteiger partial charge in [0.05, 0.1) is 18.4 Å². The molecule has 0 fully saturated rings. The first-order valence-electron chi connectivity index (χ1n) is 3.73. The van der Waals surface area contributed by atoms with Gasteiger partial charge in [-0.05, 0) is 6.92 Å². The molecule has 0 unspecified atom stereocenters. The Hall–Kier alpha value is -1.25. The number of carboxylic acid groups (broad SMARTS) is 2. The molecule has 0 aliphatic carbocycles. The van der Waals surface area contributed by atoms with Gasteiger partial charge in [-0.25, -0.2) is 0 Å². The van der Waals surface area contributed by atoms with Crippen molar-refractivity contribution < 1.29 is 43.5 Å². The third-order valence-electron chi connectivity index (χ3n) is 1.36. The Morgan fingerprint density at radius 1 is 1.47 bits per heavy atom. The van der Waals surface area contributed by atoms with Crippen molar-refractivity contribution in [3.63, 3.8) is 0 Å². The van der Waals surface area contributed by atoms with E-state index in [1.807, 2.05) is 5.32 Å². The molecule has 0 bridgehead atoms. The van der Waals surface area contributed by atoms with E-state index >= 15 is 0 Å². The summed E-state index contributed by atoms with van der Waals surface area (Å²) in [6.07, 6.45) is -0.721. The van der Waals surface area contributed by atoms with Gasteiger partial charge in [-0.1, -0.05) is 6.58 Å². The topological polar surface area (TPSA) is 107 Å². The molecule has 0 saturated heterocycles. The quantitative estimate of drug-likeness (QED) is 0.348. The molecule has 1 amide bonds. The fraction of sp³-hybridized carbons (Fsp3) is 0.375. The fourth-order valence-electron chi connectivity index (χ4n) is 0.649. The zero-order valence-electron chi connectivity index (χ0n) is 8.57. The van der Waals surface area contributed by atoms with E-state index in [2.05, 4.69) is 6.58 Å². The summed E-state index contributed by atoms with van der Waals surface area (Å²) in [5.41, 5.74) is 0.0987. The van der Waals surface area contributed by atoms with Crippen molar-refractivity contribution in [2.75, 3.05) is 0 Å². The van der Waals surface area contributed by atoms with Gasteiger partial charge in [-0.3, -0.25) is 9.59 Å². The molecule has 15 heavy (non-hydrogen) atoms. The van der Waals surface area contributed by atoms with E-state index in [-0.39, 0.29) is 24.4 Å². The van der Waals surface area contributed by atoms with Gasteiger partial charge < -0.3 is 20.3 Å². The number of amides is 1. The molecule has 0 aromatic heterocycles. The Kier molecular flexibility index (Phi) is 7.66. The van der Waals surface area contributed by atoms with Crippen molar-refractivity contribution in [3.8, 4) is 0 Å². The number of rotatable bonds is 5. The first-order chi connectivity index (χ1) is 6.34. The van der Waals surface area contributed by atoms with Crippen LogP contribution < -0.4 is 29.3 Å². The minimum Gasteiger partial charge on any atom is -0.548 e. The Balaban J connectivity index is 0. The minimum absolute atomic E-state index is 0. The molecular formula is C8H10LiNO5. The van der Waals surface area contributed by atoms with Crippen LogP contribution in [0.3, 0.4) is 0 Å². The molecule has 0 aliphatic rings. The Bertz CT molecular complexity index is 289. The van der Waals surface area contributed by atoms with Crippen LogP contribution in [0.15, 0.2) is 12.2 Å². The summed E-state index contributed by atoms with van der Waals surface area (Å²) in [5.74, 6) is -3.68. The second kappa shape index (κ2) is 7.09. The number of hydrogen-bond donors (Lipinski definition) is 2. The average Bonchev–Trinajstić information content (AvgIpc) is 2.01. The summed E-state index contributed by atoms with van der Waals surface area (Å²) in [4.78, 5) is 31.5. The van der Waals surface area contributed by atoms with Gasteiger partial charge in [0.2, 0.25) is 5.91 Å². The summed E-state index contributed by atoms with van der Waals surface area (Å²) in [7, 11) is 0. The van der Waals surface area contributed by atoms with E-state index in [0.29, 0.717) is 0 Å². The number of carbonyl (C=O) groups excluding carboxylic acids is 2. The van der Waals surface area contributed by atoms with Gasteiger partial charge >= 0.3 is 24.8 Å². The van der Waals surface area contributed by atoms with E-state index < -0.39 is 30.3 Å². The predicted octanol–water partition coefficient (Wildman–Crippen LogP) is -4.72. The predicted molar refractivity (Wildman–Crippen MR) is 44.0 cm³/mol. The van der Waals surface area contributed by atoms with Crippen LogP contribution in [-0.4, -0.2) is 29.0 Å². The van der Waals surface area contributed by atoms with Crippen molar-refractivity contribution >= 4 is 17.8 Å². The normalized spacial score (nSPS) is 10.7. The van der Waals surface area contributed by atoms with Crippen LogP contribution in [0.4, 0.5) is 0 Å². The van der Waals surface area contributed by atoms with Gasteiger partial charge in [0.25, 0.3) is 0 Å². The molecule has 1 atom stereocenters. The smallest absolute Gasteiger partial charge is 0.548 e. The van der Waals surface area contributed by atoms with Crippen LogP contribution in [0.25, 0.3) is 0 Å². The summed E-state index contributed by atoms with van der Waals surface area (Å²) >= 11 is 0. The van der Waals surface area contributed by atoms with Crippen LogP contribution in [0.2, 0.25) is 0 Å². The molecule has 0 radical (unpaired) electrons. The summed E-state index contributed by atoms with van der Waals surface area (Å²) in [6, 6.07) is -1.53. The van der Waals surface area contributed by atoms with Gasteiger partial charge in [0.1, 0.15) is 0 Å². The maximum absolute atomic E-state index is 10.9. The Morgan fingerprint density at radius 3 is 2.20 bits per heavy atom. The van der Waals surface area contributed by atoms with E-state index in [4.69, 9.17) is 5.11 Å². The first kappa shape index (κ1) is 16.2. The standard InChI is InChI=1S/C8H11NO5.Li/c1-4(2)7(12)9-5(8(13)14)3-6(10)11;/h5H,1,3H2,2H3,(H,9,12)(H,10,11)(H,13,14);/q;+1/p-1/t5-;/m0./s1. The number of hydrogen-bond acceptors (Lipinski definition) is 4. The van der Waals surface area contributed by atoms with Gasteiger partial charge in [-0.2, -0.15) is 0 Å². The SMILES string of the molecule is C=C(C)C(=O)N[C@@H](CC(=O)O)C(=O)[O-].[Li+]. The van der Waals surface area contributed by atoms with Crippen LogP contribution in [0.1, 0.15) is 13.3 Å². The molecule has 7 heteroatoms. The van der Waals surface area contributed by atoms with Crippen molar-refractivity contribution in [2.24, 2.45) is 0 Å². The minimum atomic E-state index is -1.64. The Labute approximate surface area is 98.5 Å². The van der Waals surface area contributed by atoms with Gasteiger partial charge in [-0.15, -0.1) is 0 Å².